The van der Waals surface area contributed by atoms with Gasteiger partial charge in [0, 0.05) is 22.3 Å². The zero-order valence-electron chi connectivity index (χ0n) is 11.4. The van der Waals surface area contributed by atoms with Crippen molar-refractivity contribution in [3.05, 3.63) is 65.2 Å². The third kappa shape index (κ3) is 4.18. The third-order valence-corrected chi connectivity index (χ3v) is 4.31. The molecule has 2 aromatic carbocycles. The van der Waals surface area contributed by atoms with E-state index in [0.29, 0.717) is 11.5 Å². The fourth-order valence-corrected chi connectivity index (χ4v) is 3.14. The fourth-order valence-electron chi connectivity index (χ4n) is 1.93. The number of hydrogen-bond donors (Lipinski definition) is 1. The standard InChI is InChI=1S/C16H18O3S/c1-19-16-4-2-3-15(9-16)12-20(18)11-14-7-5-13(10-17)6-8-14/h2-9,17H,10-12H2,1H3. The van der Waals surface area contributed by atoms with Crippen molar-refractivity contribution in [3.8, 4) is 5.75 Å². The number of aliphatic hydroxyl groups is 1. The molecule has 20 heavy (non-hydrogen) atoms. The predicted octanol–water partition coefficient (Wildman–Crippen LogP) is 2.64. The van der Waals surface area contributed by atoms with Gasteiger partial charge >= 0.3 is 0 Å². The Labute approximate surface area is 121 Å². The summed E-state index contributed by atoms with van der Waals surface area (Å²) in [7, 11) is 0.665. The molecule has 0 saturated heterocycles. The van der Waals surface area contributed by atoms with Crippen LogP contribution >= 0.6 is 0 Å². The molecule has 0 amide bonds. The molecule has 0 heterocycles. The van der Waals surface area contributed by atoms with Gasteiger partial charge in [0.1, 0.15) is 5.75 Å². The molecule has 1 atom stereocenters. The Morgan fingerprint density at radius 2 is 1.65 bits per heavy atom. The summed E-state index contributed by atoms with van der Waals surface area (Å²) in [5, 5.41) is 8.98. The van der Waals surface area contributed by atoms with E-state index in [-0.39, 0.29) is 6.61 Å². The van der Waals surface area contributed by atoms with Gasteiger partial charge in [-0.3, -0.25) is 4.21 Å². The van der Waals surface area contributed by atoms with Crippen LogP contribution in [0.1, 0.15) is 16.7 Å². The van der Waals surface area contributed by atoms with Crippen LogP contribution in [0.2, 0.25) is 0 Å². The Morgan fingerprint density at radius 1 is 1.00 bits per heavy atom. The average molecular weight is 290 g/mol. The lowest BCUT2D eigenvalue weighted by Crippen LogP contribution is -2.00. The van der Waals surface area contributed by atoms with Gasteiger partial charge in [-0.2, -0.15) is 0 Å². The predicted molar refractivity (Wildman–Crippen MR) is 80.9 cm³/mol. The Balaban J connectivity index is 1.97. The van der Waals surface area contributed by atoms with E-state index in [1.165, 1.54) is 0 Å². The van der Waals surface area contributed by atoms with Crippen molar-refractivity contribution in [3.63, 3.8) is 0 Å². The highest BCUT2D eigenvalue weighted by molar-refractivity contribution is 7.83. The minimum Gasteiger partial charge on any atom is -0.497 e. The number of rotatable bonds is 6. The van der Waals surface area contributed by atoms with E-state index in [4.69, 9.17) is 9.84 Å². The summed E-state index contributed by atoms with van der Waals surface area (Å²) in [6.45, 7) is 0.0349. The molecule has 2 rings (SSSR count). The van der Waals surface area contributed by atoms with E-state index in [0.717, 1.165) is 22.4 Å². The van der Waals surface area contributed by atoms with Crippen LogP contribution in [0.3, 0.4) is 0 Å². The van der Waals surface area contributed by atoms with Gasteiger partial charge < -0.3 is 9.84 Å². The SMILES string of the molecule is COc1cccc(CS(=O)Cc2ccc(CO)cc2)c1. The Hall–Kier alpha value is -1.65. The molecular weight excluding hydrogens is 272 g/mol. The summed E-state index contributed by atoms with van der Waals surface area (Å²) in [5.74, 6) is 1.81. The zero-order valence-corrected chi connectivity index (χ0v) is 12.2. The molecule has 3 nitrogen and oxygen atoms in total. The van der Waals surface area contributed by atoms with Gasteiger partial charge in [-0.25, -0.2) is 0 Å². The molecule has 0 spiro atoms. The topological polar surface area (TPSA) is 46.5 Å². The summed E-state index contributed by atoms with van der Waals surface area (Å²) in [6, 6.07) is 15.2. The monoisotopic (exact) mass is 290 g/mol. The number of methoxy groups -OCH3 is 1. The van der Waals surface area contributed by atoms with Crippen molar-refractivity contribution in [2.45, 2.75) is 18.1 Å². The van der Waals surface area contributed by atoms with Crippen molar-refractivity contribution in [1.82, 2.24) is 0 Å². The smallest absolute Gasteiger partial charge is 0.119 e. The largest absolute Gasteiger partial charge is 0.497 e. The van der Waals surface area contributed by atoms with E-state index in [1.807, 2.05) is 48.5 Å². The van der Waals surface area contributed by atoms with E-state index in [1.54, 1.807) is 7.11 Å². The summed E-state index contributed by atoms with van der Waals surface area (Å²) >= 11 is 0. The van der Waals surface area contributed by atoms with Crippen LogP contribution in [0.5, 0.6) is 5.75 Å². The van der Waals surface area contributed by atoms with Gasteiger partial charge in [0.15, 0.2) is 0 Å². The van der Waals surface area contributed by atoms with Gasteiger partial charge in [-0.15, -0.1) is 0 Å². The number of hydrogen-bond acceptors (Lipinski definition) is 3. The summed E-state index contributed by atoms with van der Waals surface area (Å²) in [4.78, 5) is 0. The quantitative estimate of drug-likeness (QED) is 0.889. The van der Waals surface area contributed by atoms with Gasteiger partial charge in [-0.1, -0.05) is 36.4 Å². The first kappa shape index (κ1) is 14.8. The first-order chi connectivity index (χ1) is 9.71. The summed E-state index contributed by atoms with van der Waals surface area (Å²) in [6.07, 6.45) is 0. The Bertz CT molecular complexity index is 579. The minimum absolute atomic E-state index is 0.0349. The maximum Gasteiger partial charge on any atom is 0.119 e. The highest BCUT2D eigenvalue weighted by atomic mass is 32.2. The maximum atomic E-state index is 12.2. The number of aliphatic hydroxyl groups excluding tert-OH is 1. The normalized spacial score (nSPS) is 12.1. The molecule has 0 fully saturated rings. The molecule has 4 heteroatoms. The van der Waals surface area contributed by atoms with Crippen LogP contribution in [0.4, 0.5) is 0 Å². The molecule has 1 N–H and O–H groups in total. The second-order valence-corrected chi connectivity index (χ2v) is 6.01. The van der Waals surface area contributed by atoms with Crippen LogP contribution < -0.4 is 4.74 Å². The Kier molecular flexibility index (Phi) is 5.32. The first-order valence-corrected chi connectivity index (χ1v) is 7.86. The van der Waals surface area contributed by atoms with Crippen LogP contribution in [0.15, 0.2) is 48.5 Å². The highest BCUT2D eigenvalue weighted by Gasteiger charge is 2.05. The lowest BCUT2D eigenvalue weighted by atomic mass is 10.2. The molecule has 0 aliphatic heterocycles. The van der Waals surface area contributed by atoms with Gasteiger partial charge in [0.2, 0.25) is 0 Å². The van der Waals surface area contributed by atoms with Crippen LogP contribution in [-0.4, -0.2) is 16.4 Å². The van der Waals surface area contributed by atoms with E-state index < -0.39 is 10.8 Å². The molecule has 0 saturated carbocycles. The fraction of sp³-hybridized carbons (Fsp3) is 0.250. The highest BCUT2D eigenvalue weighted by Crippen LogP contribution is 2.15. The number of ether oxygens (including phenoxy) is 1. The van der Waals surface area contributed by atoms with Gasteiger partial charge in [0.25, 0.3) is 0 Å². The van der Waals surface area contributed by atoms with Gasteiger partial charge in [-0.05, 0) is 28.8 Å². The third-order valence-electron chi connectivity index (χ3n) is 3.00. The van der Waals surface area contributed by atoms with E-state index in [2.05, 4.69) is 0 Å². The molecule has 1 unspecified atom stereocenters. The second-order valence-electron chi connectivity index (χ2n) is 4.55. The van der Waals surface area contributed by atoms with Crippen molar-refractivity contribution < 1.29 is 14.1 Å². The second kappa shape index (κ2) is 7.22. The molecule has 106 valence electrons. The molecule has 0 aromatic heterocycles. The van der Waals surface area contributed by atoms with Crippen molar-refractivity contribution in [2.75, 3.05) is 7.11 Å². The summed E-state index contributed by atoms with van der Waals surface area (Å²) in [5.41, 5.74) is 2.89. The lowest BCUT2D eigenvalue weighted by Gasteiger charge is -2.06. The van der Waals surface area contributed by atoms with E-state index >= 15 is 0 Å². The minimum atomic E-state index is -0.959. The molecular formula is C16H18O3S. The van der Waals surface area contributed by atoms with E-state index in [9.17, 15) is 4.21 Å². The van der Waals surface area contributed by atoms with Crippen molar-refractivity contribution in [2.24, 2.45) is 0 Å². The maximum absolute atomic E-state index is 12.2. The molecule has 0 aliphatic carbocycles. The molecule has 0 radical (unpaired) electrons. The van der Waals surface area contributed by atoms with Crippen LogP contribution in [0.25, 0.3) is 0 Å². The zero-order chi connectivity index (χ0) is 14.4. The lowest BCUT2D eigenvalue weighted by molar-refractivity contribution is 0.282. The number of benzene rings is 2. The van der Waals surface area contributed by atoms with Crippen LogP contribution in [-0.2, 0) is 28.9 Å². The average Bonchev–Trinajstić information content (AvgIpc) is 2.48. The summed E-state index contributed by atoms with van der Waals surface area (Å²) < 4.78 is 17.3. The van der Waals surface area contributed by atoms with Crippen molar-refractivity contribution in [1.29, 1.82) is 0 Å². The van der Waals surface area contributed by atoms with Gasteiger partial charge in [0.05, 0.1) is 13.7 Å². The molecule has 2 aromatic rings. The molecule has 0 bridgehead atoms. The molecule has 0 aliphatic rings. The first-order valence-electron chi connectivity index (χ1n) is 6.38. The van der Waals surface area contributed by atoms with Crippen molar-refractivity contribution >= 4 is 10.8 Å². The van der Waals surface area contributed by atoms with Crippen LogP contribution in [0, 0.1) is 0 Å². The Morgan fingerprint density at radius 3 is 2.30 bits per heavy atom.